The SMILES string of the molecule is COc1ccccc1CCN(CC(=O)NCCc1cccc(Cl)c1)C(C)=O. The van der Waals surface area contributed by atoms with Crippen LogP contribution in [0.15, 0.2) is 48.5 Å². The predicted octanol–water partition coefficient (Wildman–Crippen LogP) is 3.10. The number of carbonyl (C=O) groups is 2. The molecule has 0 aliphatic carbocycles. The molecule has 1 N–H and O–H groups in total. The number of nitrogens with one attached hydrogen (secondary N) is 1. The van der Waals surface area contributed by atoms with E-state index >= 15 is 0 Å². The van der Waals surface area contributed by atoms with E-state index in [4.69, 9.17) is 16.3 Å². The molecule has 0 atom stereocenters. The van der Waals surface area contributed by atoms with Crippen LogP contribution >= 0.6 is 11.6 Å². The first-order valence-corrected chi connectivity index (χ1v) is 9.26. The quantitative estimate of drug-likeness (QED) is 0.718. The zero-order valence-corrected chi connectivity index (χ0v) is 16.5. The Labute approximate surface area is 165 Å². The van der Waals surface area contributed by atoms with Gasteiger partial charge in [0.2, 0.25) is 11.8 Å². The van der Waals surface area contributed by atoms with Gasteiger partial charge in [-0.1, -0.05) is 41.9 Å². The maximum absolute atomic E-state index is 12.2. The Hall–Kier alpha value is -2.53. The molecule has 0 saturated heterocycles. The Bertz CT molecular complexity index is 780. The summed E-state index contributed by atoms with van der Waals surface area (Å²) >= 11 is 5.96. The summed E-state index contributed by atoms with van der Waals surface area (Å²) in [5, 5.41) is 3.53. The third-order valence-corrected chi connectivity index (χ3v) is 4.48. The fourth-order valence-electron chi connectivity index (χ4n) is 2.78. The highest BCUT2D eigenvalue weighted by Crippen LogP contribution is 2.18. The van der Waals surface area contributed by atoms with Crippen molar-refractivity contribution in [3.05, 3.63) is 64.7 Å². The van der Waals surface area contributed by atoms with E-state index in [-0.39, 0.29) is 18.4 Å². The zero-order chi connectivity index (χ0) is 19.6. The minimum absolute atomic E-state index is 0.0417. The number of nitrogens with zero attached hydrogens (tertiary/aromatic N) is 1. The Morgan fingerprint density at radius 1 is 1.11 bits per heavy atom. The summed E-state index contributed by atoms with van der Waals surface area (Å²) in [7, 11) is 1.62. The molecule has 6 heteroatoms. The molecule has 0 unspecified atom stereocenters. The van der Waals surface area contributed by atoms with Gasteiger partial charge >= 0.3 is 0 Å². The standard InChI is InChI=1S/C21H25ClN2O3/c1-16(25)24(13-11-18-7-3-4-9-20(18)27-2)15-21(26)23-12-10-17-6-5-8-19(22)14-17/h3-9,14H,10-13,15H2,1-2H3,(H,23,26). The molecule has 2 aromatic carbocycles. The van der Waals surface area contributed by atoms with Gasteiger partial charge < -0.3 is 15.0 Å². The van der Waals surface area contributed by atoms with Crippen molar-refractivity contribution >= 4 is 23.4 Å². The lowest BCUT2D eigenvalue weighted by atomic mass is 10.1. The van der Waals surface area contributed by atoms with Gasteiger partial charge in [0.25, 0.3) is 0 Å². The van der Waals surface area contributed by atoms with Gasteiger partial charge in [-0.2, -0.15) is 0 Å². The monoisotopic (exact) mass is 388 g/mol. The largest absolute Gasteiger partial charge is 0.496 e. The Kier molecular flexibility index (Phi) is 8.14. The van der Waals surface area contributed by atoms with Crippen LogP contribution in [0.5, 0.6) is 5.75 Å². The van der Waals surface area contributed by atoms with Gasteiger partial charge in [-0.15, -0.1) is 0 Å². The minimum Gasteiger partial charge on any atom is -0.496 e. The van der Waals surface area contributed by atoms with Gasteiger partial charge in [0.05, 0.1) is 13.7 Å². The summed E-state index contributed by atoms with van der Waals surface area (Å²) in [5.41, 5.74) is 2.06. The summed E-state index contributed by atoms with van der Waals surface area (Å²) < 4.78 is 5.33. The smallest absolute Gasteiger partial charge is 0.239 e. The van der Waals surface area contributed by atoms with E-state index in [9.17, 15) is 9.59 Å². The van der Waals surface area contributed by atoms with Gasteiger partial charge in [-0.05, 0) is 42.2 Å². The van der Waals surface area contributed by atoms with Gasteiger partial charge in [0.15, 0.2) is 0 Å². The van der Waals surface area contributed by atoms with Crippen LogP contribution in [-0.4, -0.2) is 43.5 Å². The summed E-state index contributed by atoms with van der Waals surface area (Å²) in [4.78, 5) is 25.6. The lowest BCUT2D eigenvalue weighted by molar-refractivity contribution is -0.134. The van der Waals surface area contributed by atoms with Crippen LogP contribution in [0.3, 0.4) is 0 Å². The number of para-hydroxylation sites is 1. The van der Waals surface area contributed by atoms with Gasteiger partial charge in [-0.25, -0.2) is 0 Å². The number of benzene rings is 2. The molecule has 0 spiro atoms. The van der Waals surface area contributed by atoms with Crippen molar-refractivity contribution in [2.24, 2.45) is 0 Å². The molecule has 0 radical (unpaired) electrons. The summed E-state index contributed by atoms with van der Waals surface area (Å²) in [6.45, 7) is 2.47. The molecule has 0 fully saturated rings. The molecule has 2 amide bonds. The normalized spacial score (nSPS) is 10.3. The van der Waals surface area contributed by atoms with E-state index in [2.05, 4.69) is 5.32 Å². The number of methoxy groups -OCH3 is 1. The van der Waals surface area contributed by atoms with E-state index in [1.807, 2.05) is 48.5 Å². The number of ether oxygens (including phenoxy) is 1. The average Bonchev–Trinajstić information content (AvgIpc) is 2.65. The van der Waals surface area contributed by atoms with Crippen LogP contribution in [0.2, 0.25) is 5.02 Å². The molecule has 0 heterocycles. The highest BCUT2D eigenvalue weighted by Gasteiger charge is 2.14. The number of hydrogen-bond acceptors (Lipinski definition) is 3. The molecule has 2 rings (SSSR count). The lowest BCUT2D eigenvalue weighted by Crippen LogP contribution is -2.41. The van der Waals surface area contributed by atoms with E-state index in [0.29, 0.717) is 31.0 Å². The summed E-state index contributed by atoms with van der Waals surface area (Å²) in [6, 6.07) is 15.2. The predicted molar refractivity (Wildman–Crippen MR) is 107 cm³/mol. The molecule has 2 aromatic rings. The fraction of sp³-hybridized carbons (Fsp3) is 0.333. The van der Waals surface area contributed by atoms with Gasteiger partial charge in [-0.3, -0.25) is 9.59 Å². The molecule has 144 valence electrons. The van der Waals surface area contributed by atoms with Crippen molar-refractivity contribution in [1.82, 2.24) is 10.2 Å². The van der Waals surface area contributed by atoms with Crippen molar-refractivity contribution in [2.75, 3.05) is 26.7 Å². The first kappa shape index (κ1) is 20.8. The number of rotatable bonds is 9. The van der Waals surface area contributed by atoms with Crippen LogP contribution < -0.4 is 10.1 Å². The van der Waals surface area contributed by atoms with Gasteiger partial charge in [0, 0.05) is 25.0 Å². The number of halogens is 1. The second-order valence-electron chi connectivity index (χ2n) is 6.23. The van der Waals surface area contributed by atoms with Crippen LogP contribution in [0.4, 0.5) is 0 Å². The van der Waals surface area contributed by atoms with Crippen LogP contribution in [0, 0.1) is 0 Å². The first-order chi connectivity index (χ1) is 13.0. The van der Waals surface area contributed by atoms with Crippen molar-refractivity contribution in [3.8, 4) is 5.75 Å². The third kappa shape index (κ3) is 6.94. The minimum atomic E-state index is -0.174. The summed E-state index contributed by atoms with van der Waals surface area (Å²) in [6.07, 6.45) is 1.31. The first-order valence-electron chi connectivity index (χ1n) is 8.88. The highest BCUT2D eigenvalue weighted by atomic mass is 35.5. The number of amides is 2. The molecule has 0 bridgehead atoms. The highest BCUT2D eigenvalue weighted by molar-refractivity contribution is 6.30. The third-order valence-electron chi connectivity index (χ3n) is 4.25. The molecule has 0 aliphatic rings. The number of carbonyl (C=O) groups excluding carboxylic acids is 2. The molecule has 0 aromatic heterocycles. The fourth-order valence-corrected chi connectivity index (χ4v) is 2.99. The summed E-state index contributed by atoms with van der Waals surface area (Å²) in [5.74, 6) is 0.481. The Morgan fingerprint density at radius 2 is 1.89 bits per heavy atom. The molecule has 5 nitrogen and oxygen atoms in total. The maximum Gasteiger partial charge on any atom is 0.239 e. The topological polar surface area (TPSA) is 58.6 Å². The lowest BCUT2D eigenvalue weighted by Gasteiger charge is -2.21. The second kappa shape index (κ2) is 10.6. The van der Waals surface area contributed by atoms with Crippen LogP contribution in [-0.2, 0) is 22.4 Å². The van der Waals surface area contributed by atoms with E-state index in [1.165, 1.54) is 6.92 Å². The maximum atomic E-state index is 12.2. The van der Waals surface area contributed by atoms with E-state index in [1.54, 1.807) is 12.0 Å². The van der Waals surface area contributed by atoms with Gasteiger partial charge in [0.1, 0.15) is 5.75 Å². The molecule has 27 heavy (non-hydrogen) atoms. The Balaban J connectivity index is 1.82. The molecule has 0 saturated carbocycles. The molecular formula is C21H25ClN2O3. The van der Waals surface area contributed by atoms with E-state index < -0.39 is 0 Å². The molecule has 0 aliphatic heterocycles. The van der Waals surface area contributed by atoms with Crippen molar-refractivity contribution < 1.29 is 14.3 Å². The number of hydrogen-bond donors (Lipinski definition) is 1. The Morgan fingerprint density at radius 3 is 2.59 bits per heavy atom. The van der Waals surface area contributed by atoms with E-state index in [0.717, 1.165) is 16.9 Å². The van der Waals surface area contributed by atoms with Crippen molar-refractivity contribution in [3.63, 3.8) is 0 Å². The zero-order valence-electron chi connectivity index (χ0n) is 15.7. The van der Waals surface area contributed by atoms with Crippen LogP contribution in [0.25, 0.3) is 0 Å². The average molecular weight is 389 g/mol. The second-order valence-corrected chi connectivity index (χ2v) is 6.67. The van der Waals surface area contributed by atoms with Crippen molar-refractivity contribution in [2.45, 2.75) is 19.8 Å². The van der Waals surface area contributed by atoms with Crippen LogP contribution in [0.1, 0.15) is 18.1 Å². The van der Waals surface area contributed by atoms with Crippen molar-refractivity contribution in [1.29, 1.82) is 0 Å². The molecular weight excluding hydrogens is 364 g/mol.